The molecule has 4 heterocycles. The number of aromatic nitrogens is 3. The van der Waals surface area contributed by atoms with Crippen LogP contribution in [-0.2, 0) is 10.8 Å². The van der Waals surface area contributed by atoms with Crippen LogP contribution in [0, 0.1) is 6.92 Å². The lowest BCUT2D eigenvalue weighted by atomic mass is 9.87. The number of anilines is 4. The Morgan fingerprint density at radius 2 is 1.95 bits per heavy atom. The lowest BCUT2D eigenvalue weighted by molar-refractivity contribution is 0.254. The zero-order valence-electron chi connectivity index (χ0n) is 22.5. The molecule has 8 nitrogen and oxygen atoms in total. The molecular weight excluding hydrogens is 576 g/mol. The Morgan fingerprint density at radius 1 is 1.18 bits per heavy atom. The maximum Gasteiger partial charge on any atom is 0.237 e. The Labute approximate surface area is 239 Å². The molecule has 2 atom stereocenters. The normalized spacial score (nSPS) is 18.4. The van der Waals surface area contributed by atoms with Gasteiger partial charge < -0.3 is 20.4 Å². The lowest BCUT2D eigenvalue weighted by Crippen LogP contribution is -2.29. The summed E-state index contributed by atoms with van der Waals surface area (Å²) in [5.41, 5.74) is 5.05. The van der Waals surface area contributed by atoms with Crippen molar-refractivity contribution in [3.8, 4) is 5.75 Å². The van der Waals surface area contributed by atoms with Crippen LogP contribution in [0.25, 0.3) is 11.0 Å². The number of halogens is 1. The summed E-state index contributed by atoms with van der Waals surface area (Å²) in [6, 6.07) is 12.1. The molecule has 3 N–H and O–H groups in total. The predicted molar refractivity (Wildman–Crippen MR) is 161 cm³/mol. The Hall–Kier alpha value is -2.95. The molecule has 204 valence electrons. The van der Waals surface area contributed by atoms with E-state index in [0.29, 0.717) is 23.3 Å². The summed E-state index contributed by atoms with van der Waals surface area (Å²) >= 11 is 3.65. The fraction of sp³-hybridized carbons (Fsp3) is 0.379. The van der Waals surface area contributed by atoms with Gasteiger partial charge in [0.05, 0.1) is 32.5 Å². The van der Waals surface area contributed by atoms with Gasteiger partial charge in [-0.25, -0.2) is 0 Å². The molecule has 2 aromatic heterocycles. The summed E-state index contributed by atoms with van der Waals surface area (Å²) in [6.07, 6.45) is 3.86. The average molecular weight is 610 g/mol. The molecule has 39 heavy (non-hydrogen) atoms. The molecule has 6 rings (SSSR count). The summed E-state index contributed by atoms with van der Waals surface area (Å²) in [7, 11) is -1.16. The maximum absolute atomic E-state index is 13.1. The van der Waals surface area contributed by atoms with Crippen LogP contribution in [0.5, 0.6) is 5.75 Å². The quantitative estimate of drug-likeness (QED) is 0.226. The standard InChI is InChI=1S/C29H33BrN6O2S/c1-16(2)39(37)25-8-6-5-7-22(25)33-28-26-21(30)15-32-27(26)34-29(35-28)36-18(4)38-24-14-20(17(3)13-23(24)36)19-9-11-31-12-10-19/h5-8,13-16,18-19,31H,9-12H2,1-4H3,(H2,32,33,34,35). The van der Waals surface area contributed by atoms with Crippen molar-refractivity contribution in [3.05, 3.63) is 58.2 Å². The molecule has 2 unspecified atom stereocenters. The SMILES string of the molecule is Cc1cc2c(cc1C1CCNCC1)OC(C)N2c1nc(Nc2ccccc2S(=O)C(C)C)c2c(Br)c[nH]c2n1. The van der Waals surface area contributed by atoms with Gasteiger partial charge in [0, 0.05) is 15.9 Å². The summed E-state index contributed by atoms with van der Waals surface area (Å²) < 4.78 is 20.3. The van der Waals surface area contributed by atoms with E-state index in [1.54, 1.807) is 0 Å². The van der Waals surface area contributed by atoms with E-state index in [4.69, 9.17) is 14.7 Å². The highest BCUT2D eigenvalue weighted by atomic mass is 79.9. The van der Waals surface area contributed by atoms with E-state index in [0.717, 1.165) is 57.8 Å². The number of fused-ring (bicyclic) bond motifs is 2. The van der Waals surface area contributed by atoms with Crippen molar-refractivity contribution in [1.29, 1.82) is 0 Å². The molecule has 1 saturated heterocycles. The van der Waals surface area contributed by atoms with Crippen LogP contribution >= 0.6 is 15.9 Å². The van der Waals surface area contributed by atoms with Gasteiger partial charge in [-0.15, -0.1) is 0 Å². The Balaban J connectivity index is 1.42. The van der Waals surface area contributed by atoms with Gasteiger partial charge in [0.2, 0.25) is 5.95 Å². The number of nitrogens with one attached hydrogen (secondary N) is 3. The highest BCUT2D eigenvalue weighted by Crippen LogP contribution is 2.45. The second-order valence-electron chi connectivity index (χ2n) is 10.5. The number of hydrogen-bond acceptors (Lipinski definition) is 7. The first-order valence-electron chi connectivity index (χ1n) is 13.4. The van der Waals surface area contributed by atoms with Crippen LogP contribution in [-0.4, -0.2) is 43.7 Å². The van der Waals surface area contributed by atoms with Gasteiger partial charge in [-0.3, -0.25) is 9.11 Å². The zero-order valence-corrected chi connectivity index (χ0v) is 24.9. The van der Waals surface area contributed by atoms with Crippen LogP contribution in [0.1, 0.15) is 50.7 Å². The fourth-order valence-electron chi connectivity index (χ4n) is 5.56. The molecule has 0 aliphatic carbocycles. The number of ether oxygens (including phenoxy) is 1. The second-order valence-corrected chi connectivity index (χ2v) is 13.3. The highest BCUT2D eigenvalue weighted by molar-refractivity contribution is 9.10. The van der Waals surface area contributed by atoms with Crippen molar-refractivity contribution < 1.29 is 8.95 Å². The van der Waals surface area contributed by atoms with Crippen molar-refractivity contribution in [2.24, 2.45) is 0 Å². The van der Waals surface area contributed by atoms with E-state index < -0.39 is 10.8 Å². The van der Waals surface area contributed by atoms with Crippen LogP contribution in [0.3, 0.4) is 0 Å². The third-order valence-corrected chi connectivity index (χ3v) is 9.79. The van der Waals surface area contributed by atoms with E-state index in [1.807, 2.05) is 56.1 Å². The molecule has 0 radical (unpaired) electrons. The Morgan fingerprint density at radius 3 is 2.72 bits per heavy atom. The molecule has 1 fully saturated rings. The number of aromatic amines is 1. The van der Waals surface area contributed by atoms with Crippen molar-refractivity contribution in [1.82, 2.24) is 20.3 Å². The third kappa shape index (κ3) is 4.83. The van der Waals surface area contributed by atoms with Gasteiger partial charge in [0.25, 0.3) is 0 Å². The summed E-state index contributed by atoms with van der Waals surface area (Å²) in [5, 5.41) is 7.76. The first-order chi connectivity index (χ1) is 18.8. The first-order valence-corrected chi connectivity index (χ1v) is 15.4. The molecule has 2 aliphatic rings. The van der Waals surface area contributed by atoms with Crippen molar-refractivity contribution >= 4 is 60.9 Å². The Bertz CT molecular complexity index is 1570. The van der Waals surface area contributed by atoms with Crippen LogP contribution in [0.2, 0.25) is 0 Å². The van der Waals surface area contributed by atoms with Crippen LogP contribution < -0.4 is 20.3 Å². The number of aryl methyl sites for hydroxylation is 1. The number of nitrogens with zero attached hydrogens (tertiary/aromatic N) is 3. The smallest absolute Gasteiger partial charge is 0.237 e. The molecular formula is C29H33BrN6O2S. The lowest BCUT2D eigenvalue weighted by Gasteiger charge is -2.25. The van der Waals surface area contributed by atoms with Crippen LogP contribution in [0.15, 0.2) is 52.0 Å². The number of hydrogen-bond donors (Lipinski definition) is 3. The molecule has 0 saturated carbocycles. The minimum atomic E-state index is -1.16. The van der Waals surface area contributed by atoms with Gasteiger partial charge in [0.1, 0.15) is 17.2 Å². The number of para-hydroxylation sites is 1. The molecule has 10 heteroatoms. The molecule has 0 amide bonds. The summed E-state index contributed by atoms with van der Waals surface area (Å²) in [5.74, 6) is 2.56. The minimum absolute atomic E-state index is 0.00923. The number of benzene rings is 2. The number of rotatable bonds is 6. The van der Waals surface area contributed by atoms with Crippen molar-refractivity contribution in [3.63, 3.8) is 0 Å². The van der Waals surface area contributed by atoms with Crippen molar-refractivity contribution in [2.75, 3.05) is 23.3 Å². The van der Waals surface area contributed by atoms with E-state index in [2.05, 4.69) is 50.6 Å². The van der Waals surface area contributed by atoms with Gasteiger partial charge in [-0.2, -0.15) is 9.97 Å². The maximum atomic E-state index is 13.1. The molecule has 4 aromatic rings. The predicted octanol–water partition coefficient (Wildman–Crippen LogP) is 6.63. The second kappa shape index (κ2) is 10.6. The Kier molecular flexibility index (Phi) is 7.11. The van der Waals surface area contributed by atoms with Gasteiger partial charge >= 0.3 is 0 Å². The number of piperidine rings is 1. The van der Waals surface area contributed by atoms with E-state index >= 15 is 0 Å². The number of H-pyrrole nitrogens is 1. The topological polar surface area (TPSA) is 95.2 Å². The molecule has 0 spiro atoms. The van der Waals surface area contributed by atoms with Crippen LogP contribution in [0.4, 0.5) is 23.1 Å². The zero-order chi connectivity index (χ0) is 27.3. The average Bonchev–Trinajstić information content (AvgIpc) is 3.46. The summed E-state index contributed by atoms with van der Waals surface area (Å²) in [4.78, 5) is 16.0. The summed E-state index contributed by atoms with van der Waals surface area (Å²) in [6.45, 7) is 10.2. The third-order valence-electron chi connectivity index (χ3n) is 7.52. The van der Waals surface area contributed by atoms with Gasteiger partial charge in [-0.1, -0.05) is 26.0 Å². The van der Waals surface area contributed by atoms with E-state index in [-0.39, 0.29) is 11.5 Å². The van der Waals surface area contributed by atoms with Gasteiger partial charge in [0.15, 0.2) is 6.23 Å². The van der Waals surface area contributed by atoms with Gasteiger partial charge in [-0.05, 0) is 97.0 Å². The minimum Gasteiger partial charge on any atom is -0.468 e. The molecule has 2 aliphatic heterocycles. The molecule has 2 aromatic carbocycles. The molecule has 0 bridgehead atoms. The fourth-order valence-corrected chi connectivity index (χ4v) is 7.10. The van der Waals surface area contributed by atoms with E-state index in [9.17, 15) is 4.21 Å². The highest BCUT2D eigenvalue weighted by Gasteiger charge is 2.34. The largest absolute Gasteiger partial charge is 0.468 e. The monoisotopic (exact) mass is 608 g/mol. The first kappa shape index (κ1) is 26.3. The van der Waals surface area contributed by atoms with E-state index in [1.165, 1.54) is 11.1 Å². The van der Waals surface area contributed by atoms with Crippen molar-refractivity contribution in [2.45, 2.75) is 62.8 Å².